The highest BCUT2D eigenvalue weighted by atomic mass is 16.5. The smallest absolute Gasteiger partial charge is 0.279 e. The van der Waals surface area contributed by atoms with Gasteiger partial charge in [0.25, 0.3) is 11.8 Å². The summed E-state index contributed by atoms with van der Waals surface area (Å²) >= 11 is 0. The van der Waals surface area contributed by atoms with E-state index in [1.807, 2.05) is 13.8 Å². The Morgan fingerprint density at radius 3 is 2.19 bits per heavy atom. The van der Waals surface area contributed by atoms with Crippen molar-refractivity contribution in [1.82, 2.24) is 10.9 Å². The minimum Gasteiger partial charge on any atom is -0.494 e. The molecule has 0 bridgehead atoms. The first-order valence-corrected chi connectivity index (χ1v) is 10.3. The van der Waals surface area contributed by atoms with E-state index in [1.54, 1.807) is 55.5 Å². The molecule has 3 amide bonds. The molecule has 3 rings (SSSR count). The lowest BCUT2D eigenvalue weighted by molar-refractivity contribution is -0.128. The number of hydrogen-bond acceptors (Lipinski definition) is 5. The molecule has 8 heteroatoms. The molecule has 8 nitrogen and oxygen atoms in total. The van der Waals surface area contributed by atoms with Gasteiger partial charge in [0, 0.05) is 17.2 Å². The fourth-order valence-corrected chi connectivity index (χ4v) is 2.96. The number of amides is 3. The molecule has 3 unspecified atom stereocenters. The van der Waals surface area contributed by atoms with E-state index in [9.17, 15) is 14.4 Å². The second kappa shape index (κ2) is 9.97. The first-order valence-electron chi connectivity index (χ1n) is 10.3. The zero-order valence-electron chi connectivity index (χ0n) is 17.8. The summed E-state index contributed by atoms with van der Waals surface area (Å²) in [6.07, 6.45) is 0.0906. The van der Waals surface area contributed by atoms with E-state index < -0.39 is 17.9 Å². The molecule has 3 atom stereocenters. The van der Waals surface area contributed by atoms with Crippen LogP contribution in [0.25, 0.3) is 0 Å². The Bertz CT molecular complexity index is 927. The Labute approximate surface area is 181 Å². The van der Waals surface area contributed by atoms with Gasteiger partial charge in [-0.2, -0.15) is 0 Å². The van der Waals surface area contributed by atoms with Gasteiger partial charge in [-0.3, -0.25) is 25.2 Å². The van der Waals surface area contributed by atoms with Crippen LogP contribution in [0.1, 0.15) is 37.6 Å². The lowest BCUT2D eigenvalue weighted by Gasteiger charge is -2.15. The molecule has 1 aliphatic carbocycles. The molecule has 1 saturated carbocycles. The maximum atomic E-state index is 12.3. The van der Waals surface area contributed by atoms with Crippen molar-refractivity contribution in [3.8, 4) is 11.5 Å². The number of rotatable bonds is 8. The van der Waals surface area contributed by atoms with Gasteiger partial charge in [-0.15, -0.1) is 0 Å². The quantitative estimate of drug-likeness (QED) is 0.564. The highest BCUT2D eigenvalue weighted by Crippen LogP contribution is 2.38. The van der Waals surface area contributed by atoms with E-state index in [1.165, 1.54) is 0 Å². The van der Waals surface area contributed by atoms with Crippen molar-refractivity contribution < 1.29 is 23.9 Å². The summed E-state index contributed by atoms with van der Waals surface area (Å²) in [5, 5.41) is 2.83. The van der Waals surface area contributed by atoms with Crippen LogP contribution in [-0.2, 0) is 9.59 Å². The summed E-state index contributed by atoms with van der Waals surface area (Å²) in [5.74, 6) is 0.750. The summed E-state index contributed by atoms with van der Waals surface area (Å²) in [4.78, 5) is 36.4. The molecule has 31 heavy (non-hydrogen) atoms. The fourth-order valence-electron chi connectivity index (χ4n) is 2.96. The number of nitrogens with one attached hydrogen (secondary N) is 3. The van der Waals surface area contributed by atoms with Crippen LogP contribution < -0.4 is 25.6 Å². The van der Waals surface area contributed by atoms with E-state index >= 15 is 0 Å². The molecule has 0 spiro atoms. The average molecular weight is 425 g/mol. The van der Waals surface area contributed by atoms with Gasteiger partial charge >= 0.3 is 0 Å². The summed E-state index contributed by atoms with van der Waals surface area (Å²) in [7, 11) is 0. The fraction of sp³-hybridized carbons (Fsp3) is 0.348. The summed E-state index contributed by atoms with van der Waals surface area (Å²) in [6.45, 7) is 6.08. The number of anilines is 1. The Morgan fingerprint density at radius 1 is 1.00 bits per heavy atom. The van der Waals surface area contributed by atoms with Crippen LogP contribution in [0.4, 0.5) is 5.69 Å². The lowest BCUT2D eigenvalue weighted by Crippen LogP contribution is -2.47. The zero-order chi connectivity index (χ0) is 22.4. The van der Waals surface area contributed by atoms with E-state index in [2.05, 4.69) is 16.2 Å². The first-order chi connectivity index (χ1) is 14.9. The molecule has 0 radical (unpaired) electrons. The van der Waals surface area contributed by atoms with Crippen LogP contribution in [0, 0.1) is 11.8 Å². The Hall–Kier alpha value is -3.55. The predicted octanol–water partition coefficient (Wildman–Crippen LogP) is 2.91. The lowest BCUT2D eigenvalue weighted by atomic mass is 10.2. The Morgan fingerprint density at radius 2 is 1.61 bits per heavy atom. The molecule has 0 aromatic heterocycles. The van der Waals surface area contributed by atoms with Crippen LogP contribution >= 0.6 is 0 Å². The highest BCUT2D eigenvalue weighted by molar-refractivity contribution is 5.97. The van der Waals surface area contributed by atoms with E-state index in [0.717, 1.165) is 6.42 Å². The number of hydrogen-bond donors (Lipinski definition) is 3. The molecule has 3 N–H and O–H groups in total. The minimum atomic E-state index is -0.819. The van der Waals surface area contributed by atoms with Crippen molar-refractivity contribution in [2.24, 2.45) is 11.8 Å². The minimum absolute atomic E-state index is 0.00141. The van der Waals surface area contributed by atoms with Gasteiger partial charge in [0.1, 0.15) is 11.5 Å². The summed E-state index contributed by atoms with van der Waals surface area (Å²) in [5.41, 5.74) is 5.68. The Kier molecular flexibility index (Phi) is 7.12. The van der Waals surface area contributed by atoms with Crippen molar-refractivity contribution in [3.63, 3.8) is 0 Å². The average Bonchev–Trinajstić information content (AvgIpc) is 3.50. The van der Waals surface area contributed by atoms with E-state index in [4.69, 9.17) is 9.47 Å². The van der Waals surface area contributed by atoms with Crippen molar-refractivity contribution in [1.29, 1.82) is 0 Å². The van der Waals surface area contributed by atoms with Crippen molar-refractivity contribution in [2.45, 2.75) is 33.3 Å². The van der Waals surface area contributed by atoms with Crippen LogP contribution in [0.2, 0.25) is 0 Å². The largest absolute Gasteiger partial charge is 0.494 e. The molecule has 0 heterocycles. The SMILES string of the molecule is CCOc1ccc(OC(C)C(=O)NNC(=O)c2ccc(NC(=O)C3CC3C)cc2)cc1. The van der Waals surface area contributed by atoms with Crippen LogP contribution in [0.3, 0.4) is 0 Å². The van der Waals surface area contributed by atoms with Crippen LogP contribution in [-0.4, -0.2) is 30.4 Å². The molecule has 2 aromatic carbocycles. The number of benzene rings is 2. The molecule has 2 aromatic rings. The van der Waals surface area contributed by atoms with Gasteiger partial charge in [-0.1, -0.05) is 6.92 Å². The molecule has 1 fully saturated rings. The number of carbonyl (C=O) groups excluding carboxylic acids is 3. The third-order valence-electron chi connectivity index (χ3n) is 4.98. The number of ether oxygens (including phenoxy) is 2. The Balaban J connectivity index is 1.44. The summed E-state index contributed by atoms with van der Waals surface area (Å²) in [6, 6.07) is 13.4. The maximum Gasteiger partial charge on any atom is 0.279 e. The van der Waals surface area contributed by atoms with Gasteiger partial charge in [-0.05, 0) is 74.7 Å². The van der Waals surface area contributed by atoms with Crippen LogP contribution in [0.5, 0.6) is 11.5 Å². The third-order valence-corrected chi connectivity index (χ3v) is 4.98. The predicted molar refractivity (Wildman–Crippen MR) is 116 cm³/mol. The normalized spacial score (nSPS) is 17.8. The van der Waals surface area contributed by atoms with Crippen molar-refractivity contribution in [2.75, 3.05) is 11.9 Å². The van der Waals surface area contributed by atoms with Gasteiger partial charge in [-0.25, -0.2) is 0 Å². The zero-order valence-corrected chi connectivity index (χ0v) is 17.8. The highest BCUT2D eigenvalue weighted by Gasteiger charge is 2.39. The second-order valence-electron chi connectivity index (χ2n) is 7.49. The van der Waals surface area contributed by atoms with E-state index in [-0.39, 0.29) is 11.8 Å². The van der Waals surface area contributed by atoms with Gasteiger partial charge in [0.05, 0.1) is 6.61 Å². The third kappa shape index (κ3) is 6.21. The monoisotopic (exact) mass is 425 g/mol. The maximum absolute atomic E-state index is 12.3. The second-order valence-corrected chi connectivity index (χ2v) is 7.49. The summed E-state index contributed by atoms with van der Waals surface area (Å²) < 4.78 is 10.9. The molecule has 164 valence electrons. The molecule has 0 aliphatic heterocycles. The molecular weight excluding hydrogens is 398 g/mol. The standard InChI is InChI=1S/C23H27N3O5/c1-4-30-18-9-11-19(12-10-18)31-15(3)21(27)25-26-22(28)16-5-7-17(8-6-16)24-23(29)20-13-14(20)2/h5-12,14-15,20H,4,13H2,1-3H3,(H,24,29)(H,25,27)(H,26,28). The van der Waals surface area contributed by atoms with Crippen molar-refractivity contribution >= 4 is 23.4 Å². The number of carbonyl (C=O) groups is 3. The topological polar surface area (TPSA) is 106 Å². The van der Waals surface area contributed by atoms with Gasteiger partial charge in [0.15, 0.2) is 6.10 Å². The first kappa shape index (κ1) is 22.1. The van der Waals surface area contributed by atoms with Crippen molar-refractivity contribution in [3.05, 3.63) is 54.1 Å². The molecule has 0 saturated heterocycles. The van der Waals surface area contributed by atoms with Gasteiger partial charge < -0.3 is 14.8 Å². The molecular formula is C23H27N3O5. The van der Waals surface area contributed by atoms with E-state index in [0.29, 0.717) is 35.3 Å². The number of hydrazine groups is 1. The van der Waals surface area contributed by atoms with Gasteiger partial charge in [0.2, 0.25) is 5.91 Å². The molecule has 1 aliphatic rings. The van der Waals surface area contributed by atoms with Crippen LogP contribution in [0.15, 0.2) is 48.5 Å².